The summed E-state index contributed by atoms with van der Waals surface area (Å²) in [5.74, 6) is 0.578. The van der Waals surface area contributed by atoms with Crippen molar-refractivity contribution in [1.82, 2.24) is 19.7 Å². The van der Waals surface area contributed by atoms with E-state index in [0.29, 0.717) is 5.92 Å². The minimum Gasteiger partial charge on any atom is -0.366 e. The highest BCUT2D eigenvalue weighted by Gasteiger charge is 2.38. The van der Waals surface area contributed by atoms with Crippen molar-refractivity contribution in [3.63, 3.8) is 0 Å². The molecular weight excluding hydrogens is 346 g/mol. The van der Waals surface area contributed by atoms with Gasteiger partial charge in [0.05, 0.1) is 23.6 Å². The summed E-state index contributed by atoms with van der Waals surface area (Å²) in [4.78, 5) is 7.15. The first-order chi connectivity index (χ1) is 13.6. The molecule has 4 aromatic rings. The van der Waals surface area contributed by atoms with Crippen LogP contribution >= 0.6 is 0 Å². The predicted octanol–water partition coefficient (Wildman–Crippen LogP) is 4.53. The minimum atomic E-state index is 0.132. The van der Waals surface area contributed by atoms with E-state index in [4.69, 9.17) is 0 Å². The van der Waals surface area contributed by atoms with Crippen molar-refractivity contribution in [3.05, 3.63) is 67.3 Å². The molecule has 5 nitrogen and oxygen atoms in total. The van der Waals surface area contributed by atoms with E-state index in [1.54, 1.807) is 0 Å². The van der Waals surface area contributed by atoms with E-state index in [-0.39, 0.29) is 5.54 Å². The van der Waals surface area contributed by atoms with Gasteiger partial charge >= 0.3 is 0 Å². The smallest absolute Gasteiger partial charge is 0.0958 e. The van der Waals surface area contributed by atoms with Gasteiger partial charge in [-0.1, -0.05) is 24.3 Å². The third-order valence-corrected chi connectivity index (χ3v) is 5.85. The standard InChI is InChI=1S/C23H24N5/c1-23(2)11-17(15-28(23)20-6-4-3-5-7-20)14-27-16-24-21-10-18(8-9-22(21)27)19-12-25-26-13-19/h3-6,8-10,12-13,16-17H,11,14-15H2,1-2H3,(H,25,26). The van der Waals surface area contributed by atoms with E-state index in [1.165, 1.54) is 11.2 Å². The Hall–Kier alpha value is -3.08. The first-order valence-corrected chi connectivity index (χ1v) is 9.78. The number of rotatable bonds is 4. The second-order valence-electron chi connectivity index (χ2n) is 8.33. The lowest BCUT2D eigenvalue weighted by Gasteiger charge is -2.33. The average molecular weight is 370 g/mol. The van der Waals surface area contributed by atoms with Gasteiger partial charge in [0, 0.05) is 42.1 Å². The number of imidazole rings is 1. The zero-order valence-corrected chi connectivity index (χ0v) is 16.3. The molecule has 0 spiro atoms. The monoisotopic (exact) mass is 370 g/mol. The van der Waals surface area contributed by atoms with E-state index in [1.807, 2.05) is 30.9 Å². The van der Waals surface area contributed by atoms with Crippen LogP contribution in [0.25, 0.3) is 22.2 Å². The second kappa shape index (κ2) is 6.51. The van der Waals surface area contributed by atoms with Crippen molar-refractivity contribution < 1.29 is 0 Å². The molecule has 0 amide bonds. The molecule has 1 aliphatic rings. The molecule has 2 aromatic carbocycles. The van der Waals surface area contributed by atoms with Gasteiger partial charge in [-0.3, -0.25) is 5.10 Å². The third kappa shape index (κ3) is 2.97. The molecule has 1 fully saturated rings. The number of nitrogens with zero attached hydrogens (tertiary/aromatic N) is 4. The largest absolute Gasteiger partial charge is 0.366 e. The quantitative estimate of drug-likeness (QED) is 0.574. The molecule has 1 N–H and O–H groups in total. The fraction of sp³-hybridized carbons (Fsp3) is 0.304. The Morgan fingerprint density at radius 1 is 1.21 bits per heavy atom. The summed E-state index contributed by atoms with van der Waals surface area (Å²) in [7, 11) is 0. The lowest BCUT2D eigenvalue weighted by Crippen LogP contribution is -2.38. The number of hydrogen-bond donors (Lipinski definition) is 1. The molecule has 1 radical (unpaired) electrons. The SMILES string of the molecule is CC1(C)CC(Cn2cnc3cc(-c4cn[nH]c4)ccc32)CN1c1[c]cccc1. The van der Waals surface area contributed by atoms with E-state index in [2.05, 4.69) is 74.9 Å². The molecule has 0 saturated carbocycles. The average Bonchev–Trinajstić information content (AvgIpc) is 3.42. The highest BCUT2D eigenvalue weighted by Crippen LogP contribution is 2.37. The summed E-state index contributed by atoms with van der Waals surface area (Å²) in [6, 6.07) is 18.1. The highest BCUT2D eigenvalue weighted by molar-refractivity contribution is 5.81. The van der Waals surface area contributed by atoms with Gasteiger partial charge in [-0.25, -0.2) is 4.98 Å². The third-order valence-electron chi connectivity index (χ3n) is 5.85. The van der Waals surface area contributed by atoms with Gasteiger partial charge in [0.15, 0.2) is 0 Å². The number of para-hydroxylation sites is 1. The Morgan fingerprint density at radius 3 is 2.93 bits per heavy atom. The molecule has 5 heteroatoms. The fourth-order valence-corrected chi connectivity index (χ4v) is 4.56. The van der Waals surface area contributed by atoms with Crippen molar-refractivity contribution in [3.8, 4) is 11.1 Å². The van der Waals surface area contributed by atoms with Crippen molar-refractivity contribution in [2.24, 2.45) is 5.92 Å². The van der Waals surface area contributed by atoms with Crippen LogP contribution in [0.4, 0.5) is 5.69 Å². The number of nitrogens with one attached hydrogen (secondary N) is 1. The number of H-pyrrole nitrogens is 1. The van der Waals surface area contributed by atoms with Gasteiger partial charge in [-0.2, -0.15) is 5.10 Å². The van der Waals surface area contributed by atoms with Gasteiger partial charge in [0.1, 0.15) is 0 Å². The summed E-state index contributed by atoms with van der Waals surface area (Å²) < 4.78 is 2.30. The summed E-state index contributed by atoms with van der Waals surface area (Å²) >= 11 is 0. The molecular formula is C23H24N5. The van der Waals surface area contributed by atoms with Crippen LogP contribution in [0.15, 0.2) is 61.2 Å². The van der Waals surface area contributed by atoms with Gasteiger partial charge in [0.25, 0.3) is 0 Å². The Kier molecular flexibility index (Phi) is 3.97. The Bertz CT molecular complexity index is 1080. The zero-order chi connectivity index (χ0) is 19.1. The first-order valence-electron chi connectivity index (χ1n) is 9.78. The molecule has 28 heavy (non-hydrogen) atoms. The lowest BCUT2D eigenvalue weighted by molar-refractivity contribution is 0.434. The van der Waals surface area contributed by atoms with Crippen LogP contribution in [0, 0.1) is 12.0 Å². The predicted molar refractivity (Wildman–Crippen MR) is 112 cm³/mol. The second-order valence-corrected chi connectivity index (χ2v) is 8.33. The summed E-state index contributed by atoms with van der Waals surface area (Å²) in [5, 5.41) is 6.91. The number of anilines is 1. The van der Waals surface area contributed by atoms with Crippen molar-refractivity contribution in [1.29, 1.82) is 0 Å². The molecule has 3 heterocycles. The normalized spacial score (nSPS) is 18.8. The Balaban J connectivity index is 1.38. The van der Waals surface area contributed by atoms with Crippen molar-refractivity contribution >= 4 is 16.7 Å². The van der Waals surface area contributed by atoms with Crippen LogP contribution in [-0.4, -0.2) is 31.8 Å². The fourth-order valence-electron chi connectivity index (χ4n) is 4.56. The molecule has 141 valence electrons. The number of fused-ring (bicyclic) bond motifs is 1. The molecule has 5 rings (SSSR count). The minimum absolute atomic E-state index is 0.132. The number of aromatic amines is 1. The maximum Gasteiger partial charge on any atom is 0.0958 e. The van der Waals surface area contributed by atoms with Crippen molar-refractivity contribution in [2.75, 3.05) is 11.4 Å². The number of aromatic nitrogens is 4. The summed E-state index contributed by atoms with van der Waals surface area (Å²) in [5.41, 5.74) is 5.77. The molecule has 0 aliphatic carbocycles. The van der Waals surface area contributed by atoms with Crippen LogP contribution in [0.1, 0.15) is 20.3 Å². The van der Waals surface area contributed by atoms with Gasteiger partial charge in [-0.05, 0) is 49.9 Å². The lowest BCUT2D eigenvalue weighted by atomic mass is 9.96. The van der Waals surface area contributed by atoms with Gasteiger partial charge in [-0.15, -0.1) is 0 Å². The first kappa shape index (κ1) is 17.0. The molecule has 1 saturated heterocycles. The van der Waals surface area contributed by atoms with E-state index < -0.39 is 0 Å². The maximum atomic E-state index is 4.66. The Morgan fingerprint density at radius 2 is 2.14 bits per heavy atom. The molecule has 1 unspecified atom stereocenters. The van der Waals surface area contributed by atoms with Gasteiger partial charge < -0.3 is 9.47 Å². The summed E-state index contributed by atoms with van der Waals surface area (Å²) in [6.45, 7) is 6.68. The Labute approximate surface area is 165 Å². The van der Waals surface area contributed by atoms with Crippen LogP contribution in [0.2, 0.25) is 0 Å². The van der Waals surface area contributed by atoms with Crippen LogP contribution in [-0.2, 0) is 6.54 Å². The zero-order valence-electron chi connectivity index (χ0n) is 16.3. The molecule has 1 aliphatic heterocycles. The summed E-state index contributed by atoms with van der Waals surface area (Å²) in [6.07, 6.45) is 6.89. The number of benzene rings is 2. The topological polar surface area (TPSA) is 49.7 Å². The molecule has 2 aromatic heterocycles. The maximum absolute atomic E-state index is 4.66. The van der Waals surface area contributed by atoms with Crippen LogP contribution in [0.3, 0.4) is 0 Å². The molecule has 0 bridgehead atoms. The molecule has 1 atom stereocenters. The highest BCUT2D eigenvalue weighted by atomic mass is 15.2. The van der Waals surface area contributed by atoms with Crippen LogP contribution in [0.5, 0.6) is 0 Å². The van der Waals surface area contributed by atoms with E-state index >= 15 is 0 Å². The van der Waals surface area contributed by atoms with E-state index in [0.717, 1.165) is 36.2 Å². The van der Waals surface area contributed by atoms with Gasteiger partial charge in [0.2, 0.25) is 0 Å². The van der Waals surface area contributed by atoms with Crippen LogP contribution < -0.4 is 4.90 Å². The number of hydrogen-bond acceptors (Lipinski definition) is 3. The van der Waals surface area contributed by atoms with Crippen molar-refractivity contribution in [2.45, 2.75) is 32.4 Å². The van der Waals surface area contributed by atoms with E-state index in [9.17, 15) is 0 Å².